The third-order valence-corrected chi connectivity index (χ3v) is 5.34. The van der Waals surface area contributed by atoms with E-state index in [1.807, 2.05) is 39.6 Å². The Kier molecular flexibility index (Phi) is 5.39. The van der Waals surface area contributed by atoms with Gasteiger partial charge in [-0.3, -0.25) is 4.57 Å². The van der Waals surface area contributed by atoms with E-state index in [9.17, 15) is 4.39 Å². The van der Waals surface area contributed by atoms with Crippen LogP contribution in [0.5, 0.6) is 0 Å². The van der Waals surface area contributed by atoms with Gasteiger partial charge in [0.05, 0.1) is 5.69 Å². The van der Waals surface area contributed by atoms with Crippen LogP contribution >= 0.6 is 12.2 Å². The third kappa shape index (κ3) is 3.92. The molecule has 3 aromatic rings. The normalized spacial score (nSPS) is 22.3. The highest BCUT2D eigenvalue weighted by atomic mass is 32.1. The molecular formula is C21H24FN4OS+. The zero-order chi connectivity index (χ0) is 19.7. The standard InChI is InChI=1S/C21H23FN4OS/c1-15-12-24(13-16(2)27-15)14-25-21(28)26(19-10-8-18(22)9-11-19)20(23-25)17-6-4-3-5-7-17/h3-11,15-16H,12-14H2,1-2H3/p+1/t15-,16-/m1/s1. The summed E-state index contributed by atoms with van der Waals surface area (Å²) >= 11 is 5.78. The maximum Gasteiger partial charge on any atom is 0.207 e. The molecule has 2 atom stereocenters. The smallest absolute Gasteiger partial charge is 0.207 e. The van der Waals surface area contributed by atoms with Gasteiger partial charge < -0.3 is 9.64 Å². The van der Waals surface area contributed by atoms with Gasteiger partial charge in [0.2, 0.25) is 4.77 Å². The van der Waals surface area contributed by atoms with E-state index in [0.29, 0.717) is 11.4 Å². The lowest BCUT2D eigenvalue weighted by Crippen LogP contribution is -3.14. The average molecular weight is 400 g/mol. The minimum Gasteiger partial charge on any atom is -0.364 e. The van der Waals surface area contributed by atoms with E-state index >= 15 is 0 Å². The average Bonchev–Trinajstić information content (AvgIpc) is 2.99. The van der Waals surface area contributed by atoms with E-state index in [1.54, 1.807) is 12.1 Å². The molecule has 1 N–H and O–H groups in total. The number of benzene rings is 2. The largest absolute Gasteiger partial charge is 0.364 e. The van der Waals surface area contributed by atoms with Gasteiger partial charge in [0.25, 0.3) is 0 Å². The number of quaternary nitrogens is 1. The lowest BCUT2D eigenvalue weighted by atomic mass is 10.2. The molecule has 0 radical (unpaired) electrons. The zero-order valence-electron chi connectivity index (χ0n) is 16.0. The van der Waals surface area contributed by atoms with Gasteiger partial charge in [-0.25, -0.2) is 4.39 Å². The monoisotopic (exact) mass is 399 g/mol. The van der Waals surface area contributed by atoms with Gasteiger partial charge in [-0.15, -0.1) is 5.10 Å². The Morgan fingerprint density at radius 2 is 1.71 bits per heavy atom. The van der Waals surface area contributed by atoms with Crippen LogP contribution in [-0.2, 0) is 11.4 Å². The molecule has 2 aromatic carbocycles. The van der Waals surface area contributed by atoms with E-state index in [2.05, 4.69) is 13.8 Å². The first-order valence-electron chi connectivity index (χ1n) is 9.51. The van der Waals surface area contributed by atoms with Crippen LogP contribution in [0.3, 0.4) is 0 Å². The summed E-state index contributed by atoms with van der Waals surface area (Å²) in [6, 6.07) is 16.3. The molecule has 1 fully saturated rings. The summed E-state index contributed by atoms with van der Waals surface area (Å²) in [5.74, 6) is 0.482. The number of hydrogen-bond acceptors (Lipinski definition) is 3. The molecule has 1 aliphatic heterocycles. The highest BCUT2D eigenvalue weighted by Crippen LogP contribution is 2.22. The lowest BCUT2D eigenvalue weighted by molar-refractivity contribution is -0.937. The highest BCUT2D eigenvalue weighted by Gasteiger charge is 2.27. The second kappa shape index (κ2) is 7.95. The van der Waals surface area contributed by atoms with Crippen LogP contribution in [0.4, 0.5) is 4.39 Å². The third-order valence-electron chi connectivity index (χ3n) is 4.95. The summed E-state index contributed by atoms with van der Waals surface area (Å²) in [7, 11) is 0. The number of morpholine rings is 1. The molecule has 4 rings (SSSR count). The second-order valence-electron chi connectivity index (χ2n) is 7.36. The van der Waals surface area contributed by atoms with Crippen molar-refractivity contribution >= 4 is 12.2 Å². The van der Waals surface area contributed by atoms with E-state index < -0.39 is 0 Å². The summed E-state index contributed by atoms with van der Waals surface area (Å²) in [5.41, 5.74) is 1.77. The quantitative estimate of drug-likeness (QED) is 0.686. The molecule has 0 saturated carbocycles. The van der Waals surface area contributed by atoms with Crippen LogP contribution in [-0.4, -0.2) is 39.6 Å². The van der Waals surface area contributed by atoms with Crippen molar-refractivity contribution < 1.29 is 14.0 Å². The summed E-state index contributed by atoms with van der Waals surface area (Å²) in [6.07, 6.45) is 0.418. The van der Waals surface area contributed by atoms with Crippen LogP contribution < -0.4 is 4.90 Å². The van der Waals surface area contributed by atoms with E-state index in [-0.39, 0.29) is 18.0 Å². The molecule has 0 bridgehead atoms. The Bertz CT molecular complexity index is 989. The summed E-state index contributed by atoms with van der Waals surface area (Å²) in [5, 5.41) is 4.84. The van der Waals surface area contributed by atoms with Crippen LogP contribution in [0.2, 0.25) is 0 Å². The van der Waals surface area contributed by atoms with Crippen molar-refractivity contribution in [2.24, 2.45) is 0 Å². The van der Waals surface area contributed by atoms with Crippen LogP contribution in [0.25, 0.3) is 17.1 Å². The Hall–Kier alpha value is -2.35. The topological polar surface area (TPSA) is 36.4 Å². The molecule has 0 unspecified atom stereocenters. The number of hydrogen-bond donors (Lipinski definition) is 1. The fourth-order valence-electron chi connectivity index (χ4n) is 3.84. The van der Waals surface area contributed by atoms with Gasteiger partial charge >= 0.3 is 0 Å². The molecule has 146 valence electrons. The number of nitrogens with one attached hydrogen (secondary N) is 1. The van der Waals surface area contributed by atoms with Crippen molar-refractivity contribution in [1.29, 1.82) is 0 Å². The molecular weight excluding hydrogens is 375 g/mol. The first-order valence-corrected chi connectivity index (χ1v) is 9.92. The van der Waals surface area contributed by atoms with Gasteiger partial charge in [0.1, 0.15) is 31.1 Å². The van der Waals surface area contributed by atoms with E-state index in [0.717, 1.165) is 30.2 Å². The maximum absolute atomic E-state index is 13.4. The van der Waals surface area contributed by atoms with Crippen molar-refractivity contribution in [2.75, 3.05) is 13.1 Å². The number of halogens is 1. The summed E-state index contributed by atoms with van der Waals surface area (Å²) in [4.78, 5) is 1.38. The number of aromatic nitrogens is 3. The second-order valence-corrected chi connectivity index (χ2v) is 7.72. The SMILES string of the molecule is C[C@@H]1C[NH+](Cn2nc(-c3ccccc3)n(-c3ccc(F)cc3)c2=S)C[C@@H](C)O1. The van der Waals surface area contributed by atoms with Gasteiger partial charge in [-0.2, -0.15) is 4.68 Å². The molecule has 1 saturated heterocycles. The molecule has 1 aliphatic rings. The van der Waals surface area contributed by atoms with Gasteiger partial charge in [0, 0.05) is 5.56 Å². The Morgan fingerprint density at radius 1 is 1.07 bits per heavy atom. The molecule has 2 heterocycles. The number of ether oxygens (including phenoxy) is 1. The first kappa shape index (κ1) is 19.0. The molecule has 1 aromatic heterocycles. The highest BCUT2D eigenvalue weighted by molar-refractivity contribution is 7.71. The van der Waals surface area contributed by atoms with Crippen molar-refractivity contribution in [3.63, 3.8) is 0 Å². The Labute approximate surface area is 169 Å². The zero-order valence-corrected chi connectivity index (χ0v) is 16.8. The number of nitrogens with zero attached hydrogens (tertiary/aromatic N) is 3. The van der Waals surface area contributed by atoms with E-state index in [4.69, 9.17) is 22.1 Å². The Balaban J connectivity index is 1.76. The van der Waals surface area contributed by atoms with Crippen LogP contribution in [0, 0.1) is 10.6 Å². The predicted octanol–water partition coefficient (Wildman–Crippen LogP) is 2.86. The van der Waals surface area contributed by atoms with Crippen molar-refractivity contribution in [3.8, 4) is 17.1 Å². The van der Waals surface area contributed by atoms with E-state index in [1.165, 1.54) is 17.0 Å². The van der Waals surface area contributed by atoms with Crippen molar-refractivity contribution in [1.82, 2.24) is 14.3 Å². The van der Waals surface area contributed by atoms with Crippen molar-refractivity contribution in [2.45, 2.75) is 32.7 Å². The molecule has 0 aliphatic carbocycles. The fourth-order valence-corrected chi connectivity index (χ4v) is 4.14. The van der Waals surface area contributed by atoms with Gasteiger partial charge in [-0.1, -0.05) is 30.3 Å². The van der Waals surface area contributed by atoms with Crippen LogP contribution in [0.15, 0.2) is 54.6 Å². The first-order chi connectivity index (χ1) is 13.5. The maximum atomic E-state index is 13.4. The molecule has 28 heavy (non-hydrogen) atoms. The summed E-state index contributed by atoms with van der Waals surface area (Å²) < 4.78 is 23.7. The van der Waals surface area contributed by atoms with Crippen molar-refractivity contribution in [3.05, 3.63) is 65.2 Å². The number of rotatable bonds is 4. The molecule has 0 amide bonds. The minimum atomic E-state index is -0.273. The minimum absolute atomic E-state index is 0.209. The van der Waals surface area contributed by atoms with Gasteiger partial charge in [0.15, 0.2) is 12.5 Å². The Morgan fingerprint density at radius 3 is 2.36 bits per heavy atom. The summed E-state index contributed by atoms with van der Waals surface area (Å²) in [6.45, 7) is 6.69. The molecule has 5 nitrogen and oxygen atoms in total. The van der Waals surface area contributed by atoms with Crippen LogP contribution in [0.1, 0.15) is 13.8 Å². The fraction of sp³-hybridized carbons (Fsp3) is 0.333. The van der Waals surface area contributed by atoms with Gasteiger partial charge in [-0.05, 0) is 50.3 Å². The molecule has 7 heteroatoms. The predicted molar refractivity (Wildman–Crippen MR) is 108 cm³/mol. The molecule has 0 spiro atoms. The lowest BCUT2D eigenvalue weighted by Gasteiger charge is -2.32.